The van der Waals surface area contributed by atoms with E-state index < -0.39 is 0 Å². The topological polar surface area (TPSA) is 14.1 Å². The molecular weight excluding hydrogens is 86.1 g/mol. The minimum Gasteiger partial charge on any atom is -0.232 e. The molecule has 0 aromatic rings. The highest BCUT2D eigenvalue weighted by Crippen LogP contribution is 2.36. The third kappa shape index (κ3) is 0.480. The molecule has 1 aliphatic carbocycles. The molecule has 7 heavy (non-hydrogen) atoms. The second kappa shape index (κ2) is 1.03. The summed E-state index contributed by atoms with van der Waals surface area (Å²) >= 11 is 0. The van der Waals surface area contributed by atoms with Crippen molar-refractivity contribution in [3.63, 3.8) is 0 Å². The first-order valence-corrected chi connectivity index (χ1v) is 3.06. The summed E-state index contributed by atoms with van der Waals surface area (Å²) in [7, 11) is 0. The van der Waals surface area contributed by atoms with Crippen molar-refractivity contribution in [3.8, 4) is 0 Å². The highest BCUT2D eigenvalue weighted by Gasteiger charge is 2.45. The van der Waals surface area contributed by atoms with Gasteiger partial charge in [-0.25, -0.2) is 5.32 Å². The highest BCUT2D eigenvalue weighted by atomic mass is 15.2. The van der Waals surface area contributed by atoms with Gasteiger partial charge in [0.05, 0.1) is 0 Å². The van der Waals surface area contributed by atoms with Crippen LogP contribution in [0.1, 0.15) is 19.8 Å². The van der Waals surface area contributed by atoms with Gasteiger partial charge in [-0.05, 0) is 18.8 Å². The van der Waals surface area contributed by atoms with E-state index in [1.54, 1.807) is 0 Å². The van der Waals surface area contributed by atoms with Gasteiger partial charge in [-0.2, -0.15) is 0 Å². The lowest BCUT2D eigenvalue weighted by Gasteiger charge is -1.98. The molecule has 2 unspecified atom stereocenters. The summed E-state index contributed by atoms with van der Waals surface area (Å²) in [5.74, 6) is 0.979. The van der Waals surface area contributed by atoms with Crippen LogP contribution in [0.3, 0.4) is 0 Å². The minimum atomic E-state index is 0.815. The summed E-state index contributed by atoms with van der Waals surface area (Å²) in [5.41, 5.74) is 0. The van der Waals surface area contributed by atoms with Crippen LogP contribution in [0.2, 0.25) is 0 Å². The van der Waals surface area contributed by atoms with E-state index >= 15 is 0 Å². The number of fused-ring (bicyclic) bond motifs is 1. The van der Waals surface area contributed by atoms with Gasteiger partial charge in [-0.3, -0.25) is 0 Å². The van der Waals surface area contributed by atoms with E-state index in [2.05, 4.69) is 12.2 Å². The Balaban J connectivity index is 2.02. The monoisotopic (exact) mass is 96.1 g/mol. The standard InChI is InChI=1S/C6H10N/c1-4-2-5-6(3-4)7-5/h4-6H,2-3H2,1H3. The van der Waals surface area contributed by atoms with Crippen molar-refractivity contribution in [2.24, 2.45) is 5.92 Å². The molecule has 1 saturated heterocycles. The molecule has 1 aliphatic heterocycles. The summed E-state index contributed by atoms with van der Waals surface area (Å²) in [4.78, 5) is 0. The quantitative estimate of drug-likeness (QED) is 0.395. The van der Waals surface area contributed by atoms with Crippen LogP contribution in [-0.4, -0.2) is 12.1 Å². The van der Waals surface area contributed by atoms with Crippen LogP contribution in [0.15, 0.2) is 0 Å². The first kappa shape index (κ1) is 3.90. The molecule has 0 aromatic heterocycles. The Kier molecular flexibility index (Phi) is 0.571. The van der Waals surface area contributed by atoms with E-state index in [9.17, 15) is 0 Å². The maximum atomic E-state index is 4.31. The fourth-order valence-corrected chi connectivity index (χ4v) is 1.55. The van der Waals surface area contributed by atoms with Crippen LogP contribution < -0.4 is 5.32 Å². The van der Waals surface area contributed by atoms with E-state index in [4.69, 9.17) is 0 Å². The van der Waals surface area contributed by atoms with Gasteiger partial charge in [0.25, 0.3) is 0 Å². The van der Waals surface area contributed by atoms with Gasteiger partial charge in [0.1, 0.15) is 0 Å². The molecule has 0 bridgehead atoms. The lowest BCUT2D eigenvalue weighted by Crippen LogP contribution is -1.94. The molecule has 0 aromatic carbocycles. The number of piperidine rings is 1. The zero-order chi connectivity index (χ0) is 4.85. The van der Waals surface area contributed by atoms with Crippen molar-refractivity contribution in [2.45, 2.75) is 31.8 Å². The molecule has 2 rings (SSSR count). The van der Waals surface area contributed by atoms with Crippen LogP contribution in [0, 0.1) is 5.92 Å². The van der Waals surface area contributed by atoms with Crippen molar-refractivity contribution in [3.05, 3.63) is 0 Å². The van der Waals surface area contributed by atoms with Crippen LogP contribution in [0.4, 0.5) is 0 Å². The van der Waals surface area contributed by atoms with Crippen LogP contribution in [-0.2, 0) is 0 Å². The number of nitrogens with zero attached hydrogens (tertiary/aromatic N) is 1. The van der Waals surface area contributed by atoms with Crippen molar-refractivity contribution >= 4 is 0 Å². The van der Waals surface area contributed by atoms with Crippen LogP contribution >= 0.6 is 0 Å². The second-order valence-corrected chi connectivity index (χ2v) is 2.86. The Morgan fingerprint density at radius 3 is 2.14 bits per heavy atom. The summed E-state index contributed by atoms with van der Waals surface area (Å²) in [6.07, 6.45) is 2.76. The lowest BCUT2D eigenvalue weighted by atomic mass is 10.1. The molecule has 1 nitrogen and oxygen atoms in total. The maximum Gasteiger partial charge on any atom is 0.0422 e. The van der Waals surface area contributed by atoms with Gasteiger partial charge in [-0.15, -0.1) is 0 Å². The van der Waals surface area contributed by atoms with Gasteiger partial charge in [-0.1, -0.05) is 6.92 Å². The molecule has 1 heteroatoms. The van der Waals surface area contributed by atoms with E-state index in [0.29, 0.717) is 0 Å². The Morgan fingerprint density at radius 1 is 1.29 bits per heavy atom. The average molecular weight is 96.2 g/mol. The summed E-state index contributed by atoms with van der Waals surface area (Å²) in [6, 6.07) is 1.63. The van der Waals surface area contributed by atoms with Crippen molar-refractivity contribution in [1.29, 1.82) is 0 Å². The Labute approximate surface area is 44.1 Å². The Morgan fingerprint density at radius 2 is 1.86 bits per heavy atom. The molecule has 1 saturated carbocycles. The number of hydrogen-bond donors (Lipinski definition) is 0. The number of hydrogen-bond acceptors (Lipinski definition) is 0. The van der Waals surface area contributed by atoms with Crippen molar-refractivity contribution < 1.29 is 0 Å². The highest BCUT2D eigenvalue weighted by molar-refractivity contribution is 5.04. The van der Waals surface area contributed by atoms with Crippen molar-refractivity contribution in [2.75, 3.05) is 0 Å². The molecule has 39 valence electrons. The Hall–Kier alpha value is -0.0400. The van der Waals surface area contributed by atoms with Crippen LogP contribution in [0.5, 0.6) is 0 Å². The van der Waals surface area contributed by atoms with Crippen molar-refractivity contribution in [1.82, 2.24) is 5.32 Å². The molecule has 2 aliphatic rings. The predicted octanol–water partition coefficient (Wildman–Crippen LogP) is 0.771. The maximum absolute atomic E-state index is 4.31. The molecule has 0 N–H and O–H groups in total. The van der Waals surface area contributed by atoms with Gasteiger partial charge in [0.15, 0.2) is 0 Å². The summed E-state index contributed by atoms with van der Waals surface area (Å²) < 4.78 is 0. The normalized spacial score (nSPS) is 57.0. The zero-order valence-electron chi connectivity index (χ0n) is 4.59. The molecule has 0 spiro atoms. The molecule has 2 atom stereocenters. The molecular formula is C6H10N. The predicted molar refractivity (Wildman–Crippen MR) is 28.1 cm³/mol. The molecule has 0 amide bonds. The molecule has 2 fully saturated rings. The average Bonchev–Trinajstić information content (AvgIpc) is 2.15. The summed E-state index contributed by atoms with van der Waals surface area (Å²) in [5, 5.41) is 4.31. The first-order valence-electron chi connectivity index (χ1n) is 3.06. The SMILES string of the molecule is CC1CC2[N]C2C1. The van der Waals surface area contributed by atoms with Gasteiger partial charge in [0.2, 0.25) is 0 Å². The molecule has 1 radical (unpaired) electrons. The zero-order valence-corrected chi connectivity index (χ0v) is 4.59. The van der Waals surface area contributed by atoms with Crippen LogP contribution in [0.25, 0.3) is 0 Å². The van der Waals surface area contributed by atoms with Gasteiger partial charge >= 0.3 is 0 Å². The smallest absolute Gasteiger partial charge is 0.0422 e. The lowest BCUT2D eigenvalue weighted by molar-refractivity contribution is 0.541. The first-order chi connectivity index (χ1) is 3.36. The van der Waals surface area contributed by atoms with Gasteiger partial charge in [0, 0.05) is 12.1 Å². The van der Waals surface area contributed by atoms with E-state index in [1.165, 1.54) is 12.8 Å². The third-order valence-corrected chi connectivity index (χ3v) is 2.03. The number of rotatable bonds is 0. The Bertz CT molecular complexity index is 80.2. The van der Waals surface area contributed by atoms with Gasteiger partial charge < -0.3 is 0 Å². The largest absolute Gasteiger partial charge is 0.232 e. The van der Waals surface area contributed by atoms with E-state index in [1.807, 2.05) is 0 Å². The third-order valence-electron chi connectivity index (χ3n) is 2.03. The second-order valence-electron chi connectivity index (χ2n) is 2.86. The van der Waals surface area contributed by atoms with E-state index in [0.717, 1.165) is 18.0 Å². The van der Waals surface area contributed by atoms with E-state index in [-0.39, 0.29) is 0 Å². The fourth-order valence-electron chi connectivity index (χ4n) is 1.55. The molecule has 1 heterocycles. The minimum absolute atomic E-state index is 0.815. The summed E-state index contributed by atoms with van der Waals surface area (Å²) in [6.45, 7) is 2.32. The fraction of sp³-hybridized carbons (Fsp3) is 1.00.